The summed E-state index contributed by atoms with van der Waals surface area (Å²) in [5, 5.41) is 0. The first-order chi connectivity index (χ1) is 7.38. The average molecular weight is 228 g/mol. The van der Waals surface area contributed by atoms with Gasteiger partial charge in [0.05, 0.1) is 6.61 Å². The number of hydrogen-bond acceptors (Lipinski definition) is 4. The van der Waals surface area contributed by atoms with Crippen molar-refractivity contribution in [2.45, 2.75) is 40.2 Å². The van der Waals surface area contributed by atoms with Gasteiger partial charge in [0.2, 0.25) is 0 Å². The van der Waals surface area contributed by atoms with E-state index in [1.165, 1.54) is 6.92 Å². The van der Waals surface area contributed by atoms with E-state index in [9.17, 15) is 9.59 Å². The summed E-state index contributed by atoms with van der Waals surface area (Å²) in [6.45, 7) is 10.9. The SMILES string of the molecule is C=C(CC(OC(C)=O)C(C)C)C(=O)OCC. The summed E-state index contributed by atoms with van der Waals surface area (Å²) < 4.78 is 9.91. The third-order valence-corrected chi connectivity index (χ3v) is 2.07. The molecule has 0 heterocycles. The lowest BCUT2D eigenvalue weighted by molar-refractivity contribution is -0.149. The summed E-state index contributed by atoms with van der Waals surface area (Å²) in [5.74, 6) is -0.647. The first-order valence-electron chi connectivity index (χ1n) is 5.40. The van der Waals surface area contributed by atoms with Gasteiger partial charge in [-0.05, 0) is 12.8 Å². The first-order valence-corrected chi connectivity index (χ1v) is 5.40. The summed E-state index contributed by atoms with van der Waals surface area (Å²) in [6.07, 6.45) is -0.00907. The van der Waals surface area contributed by atoms with E-state index >= 15 is 0 Å². The lowest BCUT2D eigenvalue weighted by Crippen LogP contribution is -2.24. The Kier molecular flexibility index (Phi) is 6.46. The minimum absolute atomic E-state index is 0.134. The Bertz CT molecular complexity index is 268. The highest BCUT2D eigenvalue weighted by Gasteiger charge is 2.21. The van der Waals surface area contributed by atoms with Crippen LogP contribution in [0.5, 0.6) is 0 Å². The number of rotatable bonds is 6. The second-order valence-electron chi connectivity index (χ2n) is 3.92. The molecule has 0 amide bonds. The summed E-state index contributed by atoms with van der Waals surface area (Å²) in [7, 11) is 0. The molecule has 4 heteroatoms. The average Bonchev–Trinajstić information content (AvgIpc) is 2.16. The van der Waals surface area contributed by atoms with Crippen molar-refractivity contribution in [3.8, 4) is 0 Å². The molecular weight excluding hydrogens is 208 g/mol. The van der Waals surface area contributed by atoms with E-state index in [0.29, 0.717) is 18.6 Å². The van der Waals surface area contributed by atoms with E-state index < -0.39 is 5.97 Å². The molecule has 0 saturated carbocycles. The van der Waals surface area contributed by atoms with Gasteiger partial charge < -0.3 is 9.47 Å². The molecular formula is C12H20O4. The molecule has 0 N–H and O–H groups in total. The van der Waals surface area contributed by atoms with Gasteiger partial charge >= 0.3 is 11.9 Å². The zero-order chi connectivity index (χ0) is 12.7. The van der Waals surface area contributed by atoms with Crippen molar-refractivity contribution >= 4 is 11.9 Å². The van der Waals surface area contributed by atoms with E-state index in [4.69, 9.17) is 9.47 Å². The molecule has 0 fully saturated rings. The molecule has 0 aliphatic carbocycles. The first kappa shape index (κ1) is 14.7. The fourth-order valence-corrected chi connectivity index (χ4v) is 1.19. The molecule has 1 unspecified atom stereocenters. The fraction of sp³-hybridized carbons (Fsp3) is 0.667. The molecule has 0 rings (SSSR count). The van der Waals surface area contributed by atoms with Crippen LogP contribution in [0, 0.1) is 5.92 Å². The van der Waals surface area contributed by atoms with Gasteiger partial charge in [-0.25, -0.2) is 4.79 Å². The van der Waals surface area contributed by atoms with Crippen molar-refractivity contribution in [1.82, 2.24) is 0 Å². The lowest BCUT2D eigenvalue weighted by Gasteiger charge is -2.20. The van der Waals surface area contributed by atoms with Crippen molar-refractivity contribution in [1.29, 1.82) is 0 Å². The monoisotopic (exact) mass is 228 g/mol. The third kappa shape index (κ3) is 5.53. The summed E-state index contributed by atoms with van der Waals surface area (Å²) in [6, 6.07) is 0. The predicted molar refractivity (Wildman–Crippen MR) is 60.8 cm³/mol. The number of esters is 2. The highest BCUT2D eigenvalue weighted by molar-refractivity contribution is 5.87. The maximum absolute atomic E-state index is 11.3. The molecule has 1 atom stereocenters. The van der Waals surface area contributed by atoms with Crippen LogP contribution in [0.4, 0.5) is 0 Å². The van der Waals surface area contributed by atoms with E-state index in [1.807, 2.05) is 13.8 Å². The van der Waals surface area contributed by atoms with Crippen LogP contribution in [0.15, 0.2) is 12.2 Å². The minimum atomic E-state index is -0.430. The third-order valence-electron chi connectivity index (χ3n) is 2.07. The van der Waals surface area contributed by atoms with Gasteiger partial charge in [-0.15, -0.1) is 0 Å². The molecule has 0 aliphatic heterocycles. The summed E-state index contributed by atoms with van der Waals surface area (Å²) in [5.41, 5.74) is 0.335. The highest BCUT2D eigenvalue weighted by atomic mass is 16.5. The number of carbonyl (C=O) groups is 2. The molecule has 0 aliphatic rings. The Morgan fingerprint density at radius 2 is 1.88 bits per heavy atom. The molecule has 0 aromatic rings. The van der Waals surface area contributed by atoms with E-state index in [2.05, 4.69) is 6.58 Å². The molecule has 4 nitrogen and oxygen atoms in total. The maximum atomic E-state index is 11.3. The number of hydrogen-bond donors (Lipinski definition) is 0. The quantitative estimate of drug-likeness (QED) is 0.516. The van der Waals surface area contributed by atoms with Gasteiger partial charge in [0.15, 0.2) is 0 Å². The van der Waals surface area contributed by atoms with Gasteiger partial charge in [0.1, 0.15) is 6.10 Å². The summed E-state index contributed by atoms with van der Waals surface area (Å²) >= 11 is 0. The van der Waals surface area contributed by atoms with Crippen molar-refractivity contribution in [2.24, 2.45) is 5.92 Å². The van der Waals surface area contributed by atoms with E-state index in [-0.39, 0.29) is 18.0 Å². The predicted octanol–water partition coefficient (Wildman–Crippen LogP) is 2.08. The van der Waals surface area contributed by atoms with Crippen molar-refractivity contribution in [3.63, 3.8) is 0 Å². The second kappa shape index (κ2) is 7.04. The van der Waals surface area contributed by atoms with Crippen LogP contribution < -0.4 is 0 Å². The van der Waals surface area contributed by atoms with Gasteiger partial charge in [0.25, 0.3) is 0 Å². The molecule has 0 bridgehead atoms. The van der Waals surface area contributed by atoms with Gasteiger partial charge in [0, 0.05) is 18.9 Å². The van der Waals surface area contributed by atoms with Crippen LogP contribution in [0.3, 0.4) is 0 Å². The largest absolute Gasteiger partial charge is 0.463 e. The van der Waals surface area contributed by atoms with E-state index in [1.54, 1.807) is 6.92 Å². The Morgan fingerprint density at radius 3 is 2.25 bits per heavy atom. The van der Waals surface area contributed by atoms with Crippen LogP contribution in [0.1, 0.15) is 34.1 Å². The minimum Gasteiger partial charge on any atom is -0.463 e. The highest BCUT2D eigenvalue weighted by Crippen LogP contribution is 2.16. The van der Waals surface area contributed by atoms with Crippen molar-refractivity contribution < 1.29 is 19.1 Å². The normalized spacial score (nSPS) is 12.1. The molecule has 0 aromatic carbocycles. The van der Waals surface area contributed by atoms with Crippen molar-refractivity contribution in [3.05, 3.63) is 12.2 Å². The Hall–Kier alpha value is -1.32. The number of ether oxygens (including phenoxy) is 2. The van der Waals surface area contributed by atoms with Crippen LogP contribution in [-0.2, 0) is 19.1 Å². The lowest BCUT2D eigenvalue weighted by atomic mass is 10.00. The smallest absolute Gasteiger partial charge is 0.333 e. The van der Waals surface area contributed by atoms with E-state index in [0.717, 1.165) is 0 Å². The maximum Gasteiger partial charge on any atom is 0.333 e. The molecule has 92 valence electrons. The van der Waals surface area contributed by atoms with Gasteiger partial charge in [-0.2, -0.15) is 0 Å². The fourth-order valence-electron chi connectivity index (χ4n) is 1.19. The molecule has 0 aromatic heterocycles. The van der Waals surface area contributed by atoms with Crippen LogP contribution in [0.25, 0.3) is 0 Å². The molecule has 16 heavy (non-hydrogen) atoms. The Balaban J connectivity index is 4.34. The van der Waals surface area contributed by atoms with Gasteiger partial charge in [-0.3, -0.25) is 4.79 Å². The topological polar surface area (TPSA) is 52.6 Å². The van der Waals surface area contributed by atoms with Crippen LogP contribution in [0.2, 0.25) is 0 Å². The Morgan fingerprint density at radius 1 is 1.31 bits per heavy atom. The zero-order valence-electron chi connectivity index (χ0n) is 10.4. The molecule has 0 saturated heterocycles. The van der Waals surface area contributed by atoms with Crippen LogP contribution in [-0.4, -0.2) is 24.6 Å². The standard InChI is InChI=1S/C12H20O4/c1-6-15-12(14)9(4)7-11(8(2)3)16-10(5)13/h8,11H,4,6-7H2,1-3,5H3. The Labute approximate surface area is 96.6 Å². The zero-order valence-corrected chi connectivity index (χ0v) is 10.4. The number of carbonyl (C=O) groups excluding carboxylic acids is 2. The molecule has 0 spiro atoms. The summed E-state index contributed by atoms with van der Waals surface area (Å²) in [4.78, 5) is 22.2. The van der Waals surface area contributed by atoms with Crippen LogP contribution >= 0.6 is 0 Å². The molecule has 0 radical (unpaired) electrons. The van der Waals surface area contributed by atoms with Gasteiger partial charge in [-0.1, -0.05) is 20.4 Å². The van der Waals surface area contributed by atoms with Crippen molar-refractivity contribution in [2.75, 3.05) is 6.61 Å². The second-order valence-corrected chi connectivity index (χ2v) is 3.92.